The zero-order chi connectivity index (χ0) is 56.3. The van der Waals surface area contributed by atoms with Gasteiger partial charge in [-0.25, -0.2) is 4.90 Å². The summed E-state index contributed by atoms with van der Waals surface area (Å²) in [5.41, 5.74) is 9.80. The van der Waals surface area contributed by atoms with Crippen LogP contribution >= 0.6 is 0 Å². The van der Waals surface area contributed by atoms with Gasteiger partial charge in [-0.1, -0.05) is 126 Å². The molecule has 0 bridgehead atoms. The number of nitrogens with one attached hydrogen (secondary N) is 2. The maximum Gasteiger partial charge on any atom is 0.266 e. The van der Waals surface area contributed by atoms with Gasteiger partial charge in [0.05, 0.1) is 33.4 Å². The average molecular weight is 1060 g/mol. The number of amides is 6. The molecule has 2 aliphatic carbocycles. The fourth-order valence-electron chi connectivity index (χ4n) is 13.1. The van der Waals surface area contributed by atoms with E-state index in [4.69, 9.17) is 0 Å². The fourth-order valence-corrected chi connectivity index (χ4v) is 13.1. The van der Waals surface area contributed by atoms with E-state index in [0.29, 0.717) is 23.4 Å². The molecule has 0 radical (unpaired) electrons. The summed E-state index contributed by atoms with van der Waals surface area (Å²) in [5, 5.41) is 28.6. The fraction of sp³-hybridized carbons (Fsp3) is 0.206. The quantitative estimate of drug-likeness (QED) is 0.0926. The molecule has 0 saturated carbocycles. The number of anilines is 3. The summed E-state index contributed by atoms with van der Waals surface area (Å²) < 4.78 is 0. The van der Waals surface area contributed by atoms with Crippen molar-refractivity contribution in [3.8, 4) is 22.6 Å². The van der Waals surface area contributed by atoms with E-state index in [-0.39, 0.29) is 73.8 Å². The summed E-state index contributed by atoms with van der Waals surface area (Å²) >= 11 is 0. The summed E-state index contributed by atoms with van der Waals surface area (Å²) in [7, 11) is 0. The van der Waals surface area contributed by atoms with E-state index in [2.05, 4.69) is 55.7 Å². The Hall–Kier alpha value is -9.42. The van der Waals surface area contributed by atoms with Crippen LogP contribution in [-0.4, -0.2) is 56.6 Å². The summed E-state index contributed by atoms with van der Waals surface area (Å²) in [5.74, 6) is -3.10. The van der Waals surface area contributed by atoms with Crippen LogP contribution in [-0.2, 0) is 16.2 Å². The van der Waals surface area contributed by atoms with Crippen LogP contribution in [0.5, 0.6) is 11.5 Å². The number of carbonyl (C=O) groups is 6. The number of aromatic hydroxyl groups is 2. The second kappa shape index (κ2) is 18.6. The molecule has 8 aromatic carbocycles. The van der Waals surface area contributed by atoms with Crippen LogP contribution in [0.15, 0.2) is 164 Å². The predicted molar refractivity (Wildman–Crippen MR) is 308 cm³/mol. The van der Waals surface area contributed by atoms with Crippen LogP contribution in [0.4, 0.5) is 17.1 Å². The van der Waals surface area contributed by atoms with Crippen LogP contribution < -0.4 is 15.5 Å². The minimum atomic E-state index is -0.984. The molecular formula is C68H58N4O8. The summed E-state index contributed by atoms with van der Waals surface area (Å²) in [6.45, 7) is 14.3. The predicted octanol–water partition coefficient (Wildman–Crippen LogP) is 13.3. The lowest BCUT2D eigenvalue weighted by atomic mass is 9.67. The van der Waals surface area contributed by atoms with Gasteiger partial charge >= 0.3 is 0 Å². The molecule has 12 heteroatoms. The third-order valence-corrected chi connectivity index (χ3v) is 17.2. The van der Waals surface area contributed by atoms with Crippen molar-refractivity contribution in [3.63, 3.8) is 0 Å². The number of benzene rings is 8. The highest BCUT2D eigenvalue weighted by atomic mass is 16.3. The van der Waals surface area contributed by atoms with Gasteiger partial charge in [0, 0.05) is 34.0 Å². The molecule has 398 valence electrons. The van der Waals surface area contributed by atoms with Crippen molar-refractivity contribution in [2.24, 2.45) is 0 Å². The normalized spacial score (nSPS) is 17.5. The zero-order valence-electron chi connectivity index (χ0n) is 45.4. The third kappa shape index (κ3) is 7.71. The first-order valence-corrected chi connectivity index (χ1v) is 27.1. The maximum absolute atomic E-state index is 14.6. The standard InChI is InChI=1S/C68H58N4O8/c1-8-38(4)71-62(77)48-26-17-39(31-51(48)64(71)79)60(75)69-44-23-19-41(20-24-44)67(7)36-66(5,6)55-28-25-45(35-56(55)67)70-61(76)40-18-27-49-52(32-40)65(80)72(63(49)78)57-34-43(22-30-59(57)74)68(42-21-29-58(73)50(33-42)37(2)3)53-15-11-9-13-46(53)47-14-10-12-16-54(47)68/h9-35,37-38,73-74H,8,36H2,1-7H3,(H,69,75)(H,70,76). The lowest BCUT2D eigenvalue weighted by Gasteiger charge is -2.35. The first-order chi connectivity index (χ1) is 38.3. The van der Waals surface area contributed by atoms with Crippen LogP contribution in [0, 0.1) is 0 Å². The number of nitrogens with zero attached hydrogens (tertiary/aromatic N) is 2. The van der Waals surface area contributed by atoms with Gasteiger partial charge in [0.25, 0.3) is 35.4 Å². The molecule has 2 unspecified atom stereocenters. The smallest absolute Gasteiger partial charge is 0.266 e. The number of hydrogen-bond donors (Lipinski definition) is 4. The number of phenols is 2. The van der Waals surface area contributed by atoms with E-state index in [1.807, 2.05) is 113 Å². The highest BCUT2D eigenvalue weighted by Crippen LogP contribution is 2.58. The van der Waals surface area contributed by atoms with Gasteiger partial charge in [-0.2, -0.15) is 0 Å². The number of imide groups is 2. The Balaban J connectivity index is 0.807. The topological polar surface area (TPSA) is 173 Å². The van der Waals surface area contributed by atoms with Crippen molar-refractivity contribution in [3.05, 3.63) is 242 Å². The highest BCUT2D eigenvalue weighted by Gasteiger charge is 2.49. The molecule has 6 amide bonds. The molecule has 8 aromatic rings. The highest BCUT2D eigenvalue weighted by molar-refractivity contribution is 6.35. The minimum Gasteiger partial charge on any atom is -0.508 e. The molecular weight excluding hydrogens is 1000 g/mol. The Kier molecular flexibility index (Phi) is 11.9. The van der Waals surface area contributed by atoms with E-state index in [0.717, 1.165) is 61.4 Å². The molecule has 4 N–H and O–H groups in total. The molecule has 12 rings (SSSR count). The van der Waals surface area contributed by atoms with Crippen LogP contribution in [0.1, 0.15) is 174 Å². The number of phenolic OH excluding ortho intramolecular Hbond substituents is 2. The number of rotatable bonds is 11. The molecule has 4 aliphatic rings. The van der Waals surface area contributed by atoms with Gasteiger partial charge in [-0.15, -0.1) is 0 Å². The second-order valence-corrected chi connectivity index (χ2v) is 22.8. The van der Waals surface area contributed by atoms with Crippen molar-refractivity contribution in [2.45, 2.75) is 89.5 Å². The van der Waals surface area contributed by atoms with Gasteiger partial charge in [0.1, 0.15) is 11.5 Å². The van der Waals surface area contributed by atoms with E-state index in [1.165, 1.54) is 41.3 Å². The third-order valence-electron chi connectivity index (χ3n) is 17.2. The molecule has 2 aliphatic heterocycles. The van der Waals surface area contributed by atoms with Gasteiger partial charge in [-0.05, 0) is 166 Å². The molecule has 0 spiro atoms. The lowest BCUT2D eigenvalue weighted by molar-refractivity contribution is 0.0592. The van der Waals surface area contributed by atoms with E-state index >= 15 is 0 Å². The minimum absolute atomic E-state index is 0.00529. The van der Waals surface area contributed by atoms with E-state index < -0.39 is 40.4 Å². The molecule has 0 aromatic heterocycles. The number of hydrogen-bond acceptors (Lipinski definition) is 8. The molecule has 2 heterocycles. The average Bonchev–Trinajstić information content (AvgIpc) is 2.70. The van der Waals surface area contributed by atoms with Crippen molar-refractivity contribution in [1.82, 2.24) is 4.90 Å². The van der Waals surface area contributed by atoms with Crippen molar-refractivity contribution >= 4 is 52.5 Å². The molecule has 80 heavy (non-hydrogen) atoms. The van der Waals surface area contributed by atoms with Gasteiger partial charge in [-0.3, -0.25) is 33.7 Å². The van der Waals surface area contributed by atoms with Crippen molar-refractivity contribution < 1.29 is 39.0 Å². The first-order valence-electron chi connectivity index (χ1n) is 27.1. The lowest BCUT2D eigenvalue weighted by Crippen LogP contribution is -2.37. The first kappa shape index (κ1) is 51.3. The zero-order valence-corrected chi connectivity index (χ0v) is 45.4. The van der Waals surface area contributed by atoms with E-state index in [9.17, 15) is 39.0 Å². The number of fused-ring (bicyclic) bond motifs is 6. The molecule has 12 nitrogen and oxygen atoms in total. The summed E-state index contributed by atoms with van der Waals surface area (Å²) in [4.78, 5) is 85.3. The largest absolute Gasteiger partial charge is 0.508 e. The summed E-state index contributed by atoms with van der Waals surface area (Å²) in [6.07, 6.45) is 1.37. The van der Waals surface area contributed by atoms with Crippen LogP contribution in [0.25, 0.3) is 11.1 Å². The van der Waals surface area contributed by atoms with Gasteiger partial charge < -0.3 is 20.8 Å². The molecule has 0 fully saturated rings. The summed E-state index contributed by atoms with van der Waals surface area (Å²) in [6, 6.07) is 49.1. The Morgan fingerprint density at radius 1 is 0.512 bits per heavy atom. The Morgan fingerprint density at radius 3 is 1.64 bits per heavy atom. The maximum atomic E-state index is 14.6. The van der Waals surface area contributed by atoms with Crippen molar-refractivity contribution in [2.75, 3.05) is 15.5 Å². The van der Waals surface area contributed by atoms with Crippen LogP contribution in [0.3, 0.4) is 0 Å². The van der Waals surface area contributed by atoms with Crippen molar-refractivity contribution in [1.29, 1.82) is 0 Å². The van der Waals surface area contributed by atoms with Gasteiger partial charge in [0.2, 0.25) is 0 Å². The number of carbonyl (C=O) groups excluding carboxylic acids is 6. The SMILES string of the molecule is CCC(C)N1C(=O)c2ccc(C(=O)Nc3ccc(C4(C)CC(C)(C)c5ccc(NC(=O)c6ccc7c(c6)C(=O)N(c6cc(C8(c9ccc(O)c(C(C)C)c9)c9ccccc9-c9ccccc98)ccc6O)C7=O)cc54)cc3)cc2C1=O. The van der Waals surface area contributed by atoms with Crippen LogP contribution in [0.2, 0.25) is 0 Å². The second-order valence-electron chi connectivity index (χ2n) is 22.8. The monoisotopic (exact) mass is 1060 g/mol. The molecule has 2 atom stereocenters. The van der Waals surface area contributed by atoms with E-state index in [1.54, 1.807) is 18.2 Å². The Morgan fingerprint density at radius 2 is 1.02 bits per heavy atom. The Labute approximate surface area is 463 Å². The van der Waals surface area contributed by atoms with Gasteiger partial charge in [0.15, 0.2) is 0 Å². The Bertz CT molecular complexity index is 3980. The molecule has 0 saturated heterocycles.